The summed E-state index contributed by atoms with van der Waals surface area (Å²) in [7, 11) is -5.86. The Balaban J connectivity index is 2.55. The zero-order valence-corrected chi connectivity index (χ0v) is 13.7. The zero-order valence-electron chi connectivity index (χ0n) is 12.8. The zero-order chi connectivity index (χ0) is 19.0. The first kappa shape index (κ1) is 18.8. The van der Waals surface area contributed by atoms with Gasteiger partial charge in [-0.05, 0) is 19.1 Å². The van der Waals surface area contributed by atoms with Crippen LogP contribution in [0.25, 0.3) is 11.0 Å². The molecule has 2 rings (SSSR count). The minimum absolute atomic E-state index is 0.0217. The molecule has 0 radical (unpaired) electrons. The fourth-order valence-corrected chi connectivity index (χ4v) is 2.41. The average molecular weight is 380 g/mol. The summed E-state index contributed by atoms with van der Waals surface area (Å²) in [5, 5.41) is 0.0698. The molecule has 0 saturated carbocycles. The number of halogens is 3. The average Bonchev–Trinajstić information content (AvgIpc) is 2.84. The quantitative estimate of drug-likeness (QED) is 0.340. The van der Waals surface area contributed by atoms with Gasteiger partial charge in [-0.2, -0.15) is 21.6 Å². The molecule has 0 fully saturated rings. The molecule has 0 saturated heterocycles. The minimum Gasteiger partial charge on any atom is -0.462 e. The van der Waals surface area contributed by atoms with Crippen molar-refractivity contribution in [3.8, 4) is 5.75 Å². The molecule has 0 aliphatic rings. The number of ether oxygens (including phenoxy) is 1. The van der Waals surface area contributed by atoms with Gasteiger partial charge in [-0.3, -0.25) is 4.79 Å². The molecule has 1 aromatic heterocycles. The smallest absolute Gasteiger partial charge is 0.462 e. The number of esters is 1. The summed E-state index contributed by atoms with van der Waals surface area (Å²) < 4.78 is 73.1. The van der Waals surface area contributed by atoms with E-state index in [4.69, 9.17) is 9.15 Å². The van der Waals surface area contributed by atoms with Crippen LogP contribution in [0.15, 0.2) is 22.6 Å². The lowest BCUT2D eigenvalue weighted by molar-refractivity contribution is -0.0500. The van der Waals surface area contributed by atoms with Crippen molar-refractivity contribution in [1.82, 2.24) is 0 Å². The van der Waals surface area contributed by atoms with Crippen LogP contribution in [-0.2, 0) is 14.9 Å². The number of hydrogen-bond donors (Lipinski definition) is 0. The number of Topliss-reactive ketones (excluding diaryl/α,β-unsaturated/α-hetero) is 1. The van der Waals surface area contributed by atoms with Gasteiger partial charge in [0.25, 0.3) is 0 Å². The number of ketones is 1. The molecule has 0 unspecified atom stereocenters. The second-order valence-electron chi connectivity index (χ2n) is 4.72. The van der Waals surface area contributed by atoms with Gasteiger partial charge in [0.1, 0.15) is 16.9 Å². The molecule has 7 nitrogen and oxygen atoms in total. The molecule has 136 valence electrons. The van der Waals surface area contributed by atoms with Crippen LogP contribution in [0.4, 0.5) is 13.2 Å². The Morgan fingerprint density at radius 3 is 2.40 bits per heavy atom. The van der Waals surface area contributed by atoms with Crippen LogP contribution in [0.5, 0.6) is 5.75 Å². The van der Waals surface area contributed by atoms with E-state index < -0.39 is 33.1 Å². The Labute approximate surface area is 139 Å². The maximum absolute atomic E-state index is 12.4. The number of alkyl halides is 3. The van der Waals surface area contributed by atoms with Crippen LogP contribution in [0.1, 0.15) is 34.8 Å². The van der Waals surface area contributed by atoms with Gasteiger partial charge in [-0.25, -0.2) is 4.79 Å². The van der Waals surface area contributed by atoms with Gasteiger partial charge in [-0.15, -0.1) is 0 Å². The van der Waals surface area contributed by atoms with E-state index in [2.05, 4.69) is 4.18 Å². The molecule has 0 aliphatic heterocycles. The number of carbonyl (C=O) groups excluding carboxylic acids is 2. The van der Waals surface area contributed by atoms with Gasteiger partial charge in [-0.1, -0.05) is 0 Å². The molecule has 11 heteroatoms. The second kappa shape index (κ2) is 6.39. The van der Waals surface area contributed by atoms with Crippen LogP contribution in [0.3, 0.4) is 0 Å². The van der Waals surface area contributed by atoms with Gasteiger partial charge in [0.2, 0.25) is 0 Å². The van der Waals surface area contributed by atoms with E-state index in [0.717, 1.165) is 25.1 Å². The molecular weight excluding hydrogens is 369 g/mol. The van der Waals surface area contributed by atoms with E-state index >= 15 is 0 Å². The van der Waals surface area contributed by atoms with Crippen molar-refractivity contribution in [3.63, 3.8) is 0 Å². The molecule has 0 bridgehead atoms. The van der Waals surface area contributed by atoms with E-state index in [1.807, 2.05) is 0 Å². The van der Waals surface area contributed by atoms with E-state index in [1.54, 1.807) is 6.92 Å². The molecule has 0 N–H and O–H groups in total. The number of fused-ring (bicyclic) bond motifs is 1. The Kier molecular flexibility index (Phi) is 4.80. The van der Waals surface area contributed by atoms with E-state index in [0.29, 0.717) is 0 Å². The highest BCUT2D eigenvalue weighted by Gasteiger charge is 2.48. The number of carbonyl (C=O) groups is 2. The lowest BCUT2D eigenvalue weighted by Gasteiger charge is -2.09. The largest absolute Gasteiger partial charge is 0.534 e. The summed E-state index contributed by atoms with van der Waals surface area (Å²) in [4.78, 5) is 23.6. The maximum atomic E-state index is 12.4. The van der Waals surface area contributed by atoms with Gasteiger partial charge in [0, 0.05) is 18.4 Å². The lowest BCUT2D eigenvalue weighted by Crippen LogP contribution is -2.28. The van der Waals surface area contributed by atoms with Crippen molar-refractivity contribution in [3.05, 3.63) is 29.5 Å². The number of hydrogen-bond acceptors (Lipinski definition) is 7. The van der Waals surface area contributed by atoms with Crippen molar-refractivity contribution in [1.29, 1.82) is 0 Å². The Bertz CT molecular complexity index is 941. The summed E-state index contributed by atoms with van der Waals surface area (Å²) in [6.07, 6.45) is 0. The topological polar surface area (TPSA) is 99.9 Å². The molecular formula is C14H11F3O7S. The number of rotatable bonds is 5. The van der Waals surface area contributed by atoms with Gasteiger partial charge in [0.15, 0.2) is 11.5 Å². The van der Waals surface area contributed by atoms with Crippen molar-refractivity contribution in [2.24, 2.45) is 0 Å². The normalized spacial score (nSPS) is 12.2. The minimum atomic E-state index is -5.86. The van der Waals surface area contributed by atoms with Crippen LogP contribution in [0.2, 0.25) is 0 Å². The summed E-state index contributed by atoms with van der Waals surface area (Å²) >= 11 is 0. The molecule has 1 heterocycles. The third-order valence-corrected chi connectivity index (χ3v) is 3.93. The summed E-state index contributed by atoms with van der Waals surface area (Å²) in [6.45, 7) is 2.68. The van der Waals surface area contributed by atoms with E-state index in [-0.39, 0.29) is 28.9 Å². The Morgan fingerprint density at radius 1 is 1.24 bits per heavy atom. The third kappa shape index (κ3) is 3.60. The highest BCUT2D eigenvalue weighted by atomic mass is 32.2. The molecule has 0 aliphatic carbocycles. The first-order chi connectivity index (χ1) is 11.5. The molecule has 1 aromatic carbocycles. The number of benzene rings is 1. The molecule has 25 heavy (non-hydrogen) atoms. The van der Waals surface area contributed by atoms with Gasteiger partial charge < -0.3 is 13.3 Å². The molecule has 0 spiro atoms. The van der Waals surface area contributed by atoms with Gasteiger partial charge in [0.05, 0.1) is 6.61 Å². The van der Waals surface area contributed by atoms with Crippen LogP contribution >= 0.6 is 0 Å². The Hall–Kier alpha value is -2.56. The SMILES string of the molecule is CCOC(=O)c1c(C(C)=O)oc2cc(OS(=O)(=O)C(F)(F)F)ccc12. The van der Waals surface area contributed by atoms with E-state index in [1.165, 1.54) is 0 Å². The van der Waals surface area contributed by atoms with Crippen molar-refractivity contribution < 1.29 is 44.5 Å². The number of furan rings is 1. The monoisotopic (exact) mass is 380 g/mol. The standard InChI is InChI=1S/C14H11F3O7S/c1-3-22-13(19)11-9-5-4-8(24-25(20,21)14(15,16)17)6-10(9)23-12(11)7(2)18/h4-6H,3H2,1-2H3. The highest BCUT2D eigenvalue weighted by molar-refractivity contribution is 7.88. The first-order valence-electron chi connectivity index (χ1n) is 6.73. The lowest BCUT2D eigenvalue weighted by atomic mass is 10.1. The molecule has 0 amide bonds. The fourth-order valence-electron chi connectivity index (χ4n) is 1.96. The van der Waals surface area contributed by atoms with E-state index in [9.17, 15) is 31.2 Å². The summed E-state index contributed by atoms with van der Waals surface area (Å²) in [5.74, 6) is -2.53. The second-order valence-corrected chi connectivity index (χ2v) is 6.26. The predicted octanol–water partition coefficient (Wildman–Crippen LogP) is 3.04. The fraction of sp³-hybridized carbons (Fsp3) is 0.286. The van der Waals surface area contributed by atoms with Crippen LogP contribution in [-0.4, -0.2) is 32.3 Å². The molecule has 0 atom stereocenters. The molecule has 2 aromatic rings. The maximum Gasteiger partial charge on any atom is 0.534 e. The van der Waals surface area contributed by atoms with Crippen molar-refractivity contribution in [2.75, 3.05) is 6.61 Å². The van der Waals surface area contributed by atoms with Crippen LogP contribution in [0, 0.1) is 0 Å². The van der Waals surface area contributed by atoms with Crippen molar-refractivity contribution >= 4 is 32.8 Å². The summed E-state index contributed by atoms with van der Waals surface area (Å²) in [5.41, 5.74) is -6.01. The Morgan fingerprint density at radius 2 is 1.88 bits per heavy atom. The summed E-state index contributed by atoms with van der Waals surface area (Å²) in [6, 6.07) is 2.82. The van der Waals surface area contributed by atoms with Gasteiger partial charge >= 0.3 is 21.6 Å². The highest BCUT2D eigenvalue weighted by Crippen LogP contribution is 2.32. The van der Waals surface area contributed by atoms with Crippen LogP contribution < -0.4 is 4.18 Å². The predicted molar refractivity (Wildman–Crippen MR) is 77.8 cm³/mol. The third-order valence-electron chi connectivity index (χ3n) is 2.95. The van der Waals surface area contributed by atoms with Crippen molar-refractivity contribution in [2.45, 2.75) is 19.4 Å². The first-order valence-corrected chi connectivity index (χ1v) is 8.14.